The van der Waals surface area contributed by atoms with Crippen LogP contribution in [0.1, 0.15) is 18.1 Å². The van der Waals surface area contributed by atoms with Crippen LogP contribution in [0.25, 0.3) is 0 Å². The molecule has 0 heterocycles. The van der Waals surface area contributed by atoms with Gasteiger partial charge in [-0.15, -0.1) is 0 Å². The number of nitrogens with zero attached hydrogens (tertiary/aromatic N) is 1. The molecule has 0 atom stereocenters. The van der Waals surface area contributed by atoms with Crippen molar-refractivity contribution in [1.29, 1.82) is 0 Å². The number of aryl methyl sites for hydroxylation is 1. The van der Waals surface area contributed by atoms with Gasteiger partial charge in [-0.1, -0.05) is 45.8 Å². The first kappa shape index (κ1) is 17.7. The fourth-order valence-corrected chi connectivity index (χ4v) is 2.93. The first-order chi connectivity index (χ1) is 11.0. The topological polar surface area (TPSA) is 50.7 Å². The van der Waals surface area contributed by atoms with Gasteiger partial charge in [-0.25, -0.2) is 5.43 Å². The van der Waals surface area contributed by atoms with Gasteiger partial charge >= 0.3 is 0 Å². The summed E-state index contributed by atoms with van der Waals surface area (Å²) in [5.41, 5.74) is 5.38. The molecule has 23 heavy (non-hydrogen) atoms. The molecule has 0 aliphatic rings. The summed E-state index contributed by atoms with van der Waals surface area (Å²) >= 11 is 6.74. The molecule has 2 aromatic rings. The van der Waals surface area contributed by atoms with Crippen molar-refractivity contribution >= 4 is 43.5 Å². The summed E-state index contributed by atoms with van der Waals surface area (Å²) in [5, 5.41) is 4.09. The Hall–Kier alpha value is -1.66. The van der Waals surface area contributed by atoms with Crippen molar-refractivity contribution in [2.45, 2.75) is 13.8 Å². The third-order valence-electron chi connectivity index (χ3n) is 3.07. The van der Waals surface area contributed by atoms with Gasteiger partial charge in [0.2, 0.25) is 0 Å². The van der Waals surface area contributed by atoms with E-state index in [0.717, 1.165) is 20.2 Å². The molecule has 120 valence electrons. The Labute approximate surface area is 152 Å². The van der Waals surface area contributed by atoms with E-state index in [-0.39, 0.29) is 12.5 Å². The predicted molar refractivity (Wildman–Crippen MR) is 98.9 cm³/mol. The van der Waals surface area contributed by atoms with Crippen LogP contribution in [0.4, 0.5) is 0 Å². The third-order valence-corrected chi connectivity index (χ3v) is 4.18. The number of ether oxygens (including phenoxy) is 1. The Bertz CT molecular complexity index is 728. The van der Waals surface area contributed by atoms with Crippen molar-refractivity contribution in [3.8, 4) is 5.75 Å². The quantitative estimate of drug-likeness (QED) is 0.553. The van der Waals surface area contributed by atoms with Crippen LogP contribution in [0.5, 0.6) is 5.75 Å². The molecule has 0 unspecified atom stereocenters. The van der Waals surface area contributed by atoms with Gasteiger partial charge < -0.3 is 4.74 Å². The molecule has 0 saturated heterocycles. The number of hydrogen-bond acceptors (Lipinski definition) is 3. The van der Waals surface area contributed by atoms with Crippen LogP contribution in [-0.2, 0) is 4.79 Å². The van der Waals surface area contributed by atoms with Crippen LogP contribution in [0, 0.1) is 6.92 Å². The van der Waals surface area contributed by atoms with Crippen LogP contribution in [0.15, 0.2) is 56.5 Å². The van der Waals surface area contributed by atoms with E-state index in [1.807, 2.05) is 50.2 Å². The van der Waals surface area contributed by atoms with Gasteiger partial charge in [0, 0.05) is 4.47 Å². The monoisotopic (exact) mass is 438 g/mol. The summed E-state index contributed by atoms with van der Waals surface area (Å²) in [6.07, 6.45) is 0. The van der Waals surface area contributed by atoms with E-state index in [2.05, 4.69) is 42.4 Å². The molecule has 0 aliphatic heterocycles. The minimum absolute atomic E-state index is 0.106. The lowest BCUT2D eigenvalue weighted by molar-refractivity contribution is -0.123. The largest absolute Gasteiger partial charge is 0.483 e. The molecular weight excluding hydrogens is 424 g/mol. The van der Waals surface area contributed by atoms with Gasteiger partial charge in [-0.05, 0) is 53.5 Å². The Kier molecular flexibility index (Phi) is 6.36. The molecule has 1 amide bonds. The van der Waals surface area contributed by atoms with E-state index in [4.69, 9.17) is 4.74 Å². The SMILES string of the molecule is C/C(=N\NC(=O)COc1ccc(Br)cc1Br)c1ccc(C)cc1. The summed E-state index contributed by atoms with van der Waals surface area (Å²) in [6, 6.07) is 13.4. The number of benzene rings is 2. The highest BCUT2D eigenvalue weighted by atomic mass is 79.9. The van der Waals surface area contributed by atoms with Gasteiger partial charge in [0.25, 0.3) is 5.91 Å². The number of carbonyl (C=O) groups is 1. The number of hydrazone groups is 1. The zero-order valence-corrected chi connectivity index (χ0v) is 15.9. The number of nitrogens with one attached hydrogen (secondary N) is 1. The smallest absolute Gasteiger partial charge is 0.277 e. The van der Waals surface area contributed by atoms with Crippen LogP contribution in [0.2, 0.25) is 0 Å². The van der Waals surface area contributed by atoms with Crippen molar-refractivity contribution in [3.63, 3.8) is 0 Å². The van der Waals surface area contributed by atoms with E-state index in [9.17, 15) is 4.79 Å². The highest BCUT2D eigenvalue weighted by molar-refractivity contribution is 9.11. The second-order valence-electron chi connectivity index (χ2n) is 4.96. The molecule has 4 nitrogen and oxygen atoms in total. The van der Waals surface area contributed by atoms with Gasteiger partial charge in [-0.3, -0.25) is 4.79 Å². The fourth-order valence-electron chi connectivity index (χ4n) is 1.77. The first-order valence-corrected chi connectivity index (χ1v) is 8.52. The molecule has 6 heteroatoms. The lowest BCUT2D eigenvalue weighted by atomic mass is 10.1. The number of carbonyl (C=O) groups excluding carboxylic acids is 1. The van der Waals surface area contributed by atoms with Gasteiger partial charge in [-0.2, -0.15) is 5.10 Å². The van der Waals surface area contributed by atoms with E-state index in [1.165, 1.54) is 5.56 Å². The summed E-state index contributed by atoms with van der Waals surface area (Å²) < 4.78 is 7.17. The maximum atomic E-state index is 11.8. The molecule has 0 fully saturated rings. The van der Waals surface area contributed by atoms with Gasteiger partial charge in [0.1, 0.15) is 5.75 Å². The van der Waals surface area contributed by atoms with E-state index >= 15 is 0 Å². The molecule has 0 saturated carbocycles. The van der Waals surface area contributed by atoms with Crippen molar-refractivity contribution < 1.29 is 9.53 Å². The number of amides is 1. The average molecular weight is 440 g/mol. The molecule has 0 aromatic heterocycles. The maximum absolute atomic E-state index is 11.8. The van der Waals surface area contributed by atoms with Gasteiger partial charge in [0.15, 0.2) is 6.61 Å². The van der Waals surface area contributed by atoms with Crippen LogP contribution < -0.4 is 10.2 Å². The van der Waals surface area contributed by atoms with Crippen LogP contribution >= 0.6 is 31.9 Å². The number of hydrogen-bond donors (Lipinski definition) is 1. The van der Waals surface area contributed by atoms with Gasteiger partial charge in [0.05, 0.1) is 10.2 Å². The molecule has 0 spiro atoms. The predicted octanol–water partition coefficient (Wildman–Crippen LogP) is 4.44. The number of rotatable bonds is 5. The maximum Gasteiger partial charge on any atom is 0.277 e. The molecule has 0 radical (unpaired) electrons. The van der Waals surface area contributed by atoms with Crippen LogP contribution in [0.3, 0.4) is 0 Å². The Morgan fingerprint density at radius 1 is 1.17 bits per heavy atom. The van der Waals surface area contributed by atoms with E-state index < -0.39 is 0 Å². The van der Waals surface area contributed by atoms with Crippen molar-refractivity contribution in [2.24, 2.45) is 5.10 Å². The number of halogens is 2. The molecule has 2 rings (SSSR count). The minimum atomic E-state index is -0.314. The summed E-state index contributed by atoms with van der Waals surface area (Å²) in [7, 11) is 0. The lowest BCUT2D eigenvalue weighted by Gasteiger charge is -2.08. The Morgan fingerprint density at radius 2 is 1.87 bits per heavy atom. The van der Waals surface area contributed by atoms with Crippen LogP contribution in [-0.4, -0.2) is 18.2 Å². The molecule has 2 aromatic carbocycles. The fraction of sp³-hybridized carbons (Fsp3) is 0.176. The van der Waals surface area contributed by atoms with Crippen molar-refractivity contribution in [3.05, 3.63) is 62.5 Å². The van der Waals surface area contributed by atoms with E-state index in [0.29, 0.717) is 5.75 Å². The highest BCUT2D eigenvalue weighted by Crippen LogP contribution is 2.28. The second-order valence-corrected chi connectivity index (χ2v) is 6.73. The third kappa shape index (κ3) is 5.48. The zero-order valence-electron chi connectivity index (χ0n) is 12.8. The van der Waals surface area contributed by atoms with E-state index in [1.54, 1.807) is 6.07 Å². The normalized spacial score (nSPS) is 11.2. The second kappa shape index (κ2) is 8.26. The molecular formula is C17H16Br2N2O2. The standard InChI is InChI=1S/C17H16Br2N2O2/c1-11-3-5-13(6-4-11)12(2)20-21-17(22)10-23-16-8-7-14(18)9-15(16)19/h3-9H,10H2,1-2H3,(H,21,22)/b20-12+. The summed E-state index contributed by atoms with van der Waals surface area (Å²) in [5.74, 6) is 0.286. The highest BCUT2D eigenvalue weighted by Gasteiger charge is 2.06. The summed E-state index contributed by atoms with van der Waals surface area (Å²) in [6.45, 7) is 3.76. The van der Waals surface area contributed by atoms with Crippen molar-refractivity contribution in [2.75, 3.05) is 6.61 Å². The minimum Gasteiger partial charge on any atom is -0.483 e. The Morgan fingerprint density at radius 3 is 2.52 bits per heavy atom. The molecule has 0 aliphatic carbocycles. The van der Waals surface area contributed by atoms with Crippen molar-refractivity contribution in [1.82, 2.24) is 5.43 Å². The molecule has 1 N–H and O–H groups in total. The lowest BCUT2D eigenvalue weighted by Crippen LogP contribution is -2.25. The first-order valence-electron chi connectivity index (χ1n) is 6.94. The Balaban J connectivity index is 1.89. The summed E-state index contributed by atoms with van der Waals surface area (Å²) in [4.78, 5) is 11.8. The molecule has 0 bridgehead atoms. The average Bonchev–Trinajstić information content (AvgIpc) is 2.52. The zero-order chi connectivity index (χ0) is 16.8.